The highest BCUT2D eigenvalue weighted by atomic mass is 16.3. The summed E-state index contributed by atoms with van der Waals surface area (Å²) in [6.07, 6.45) is 2.72. The molecule has 3 aromatic rings. The van der Waals surface area contributed by atoms with Crippen LogP contribution in [0.15, 0.2) is 45.8 Å². The van der Waals surface area contributed by atoms with Crippen molar-refractivity contribution in [1.29, 1.82) is 0 Å². The van der Waals surface area contributed by atoms with Crippen LogP contribution in [0.4, 0.5) is 0 Å². The molecule has 1 aromatic carbocycles. The van der Waals surface area contributed by atoms with Gasteiger partial charge in [-0.3, -0.25) is 0 Å². The second-order valence-corrected chi connectivity index (χ2v) is 4.79. The highest BCUT2D eigenvalue weighted by Gasteiger charge is 2.16. The smallest absolute Gasteiger partial charge is 0.323 e. The monoisotopic (exact) mass is 271 g/mol. The lowest BCUT2D eigenvalue weighted by molar-refractivity contribution is 0.447. The zero-order chi connectivity index (χ0) is 13.9. The van der Waals surface area contributed by atoms with Crippen molar-refractivity contribution in [2.45, 2.75) is 19.4 Å². The van der Waals surface area contributed by atoms with Gasteiger partial charge >= 0.3 is 5.69 Å². The summed E-state index contributed by atoms with van der Waals surface area (Å²) in [5.41, 5.74) is 2.50. The SMILES string of the molecule is CCCNC(c1ccc2[nH]c(=O)[nH]c2c1)c1ccco1. The molecular weight excluding hydrogens is 254 g/mol. The summed E-state index contributed by atoms with van der Waals surface area (Å²) < 4.78 is 5.52. The quantitative estimate of drug-likeness (QED) is 0.667. The van der Waals surface area contributed by atoms with Crippen LogP contribution in [0.1, 0.15) is 30.7 Å². The molecular formula is C15H17N3O2. The minimum atomic E-state index is -0.187. The van der Waals surface area contributed by atoms with Gasteiger partial charge in [0.05, 0.1) is 23.3 Å². The third-order valence-electron chi connectivity index (χ3n) is 3.30. The van der Waals surface area contributed by atoms with Crippen LogP contribution in [-0.4, -0.2) is 16.5 Å². The Kier molecular flexibility index (Phi) is 3.43. The maximum atomic E-state index is 11.3. The predicted molar refractivity (Wildman–Crippen MR) is 77.8 cm³/mol. The van der Waals surface area contributed by atoms with Crippen molar-refractivity contribution in [3.05, 3.63) is 58.4 Å². The number of furan rings is 1. The lowest BCUT2D eigenvalue weighted by Gasteiger charge is -2.16. The third-order valence-corrected chi connectivity index (χ3v) is 3.30. The largest absolute Gasteiger partial charge is 0.467 e. The molecule has 1 unspecified atom stereocenters. The molecule has 0 radical (unpaired) electrons. The molecule has 0 aliphatic carbocycles. The van der Waals surface area contributed by atoms with E-state index in [1.807, 2.05) is 30.3 Å². The highest BCUT2D eigenvalue weighted by Crippen LogP contribution is 2.24. The molecule has 0 aliphatic rings. The molecule has 2 heterocycles. The van der Waals surface area contributed by atoms with Crippen molar-refractivity contribution in [2.24, 2.45) is 0 Å². The van der Waals surface area contributed by atoms with Gasteiger partial charge in [0.2, 0.25) is 0 Å². The highest BCUT2D eigenvalue weighted by molar-refractivity contribution is 5.75. The minimum Gasteiger partial charge on any atom is -0.467 e. The van der Waals surface area contributed by atoms with Crippen molar-refractivity contribution in [2.75, 3.05) is 6.54 Å². The molecule has 0 aliphatic heterocycles. The van der Waals surface area contributed by atoms with Gasteiger partial charge in [0.15, 0.2) is 0 Å². The van der Waals surface area contributed by atoms with E-state index in [0.29, 0.717) is 0 Å². The first kappa shape index (κ1) is 12.7. The fourth-order valence-electron chi connectivity index (χ4n) is 2.36. The Morgan fingerprint density at radius 2 is 2.10 bits per heavy atom. The minimum absolute atomic E-state index is 0.00671. The fraction of sp³-hybridized carbons (Fsp3) is 0.267. The summed E-state index contributed by atoms with van der Waals surface area (Å²) in [6, 6.07) is 9.72. The molecule has 104 valence electrons. The van der Waals surface area contributed by atoms with Crippen LogP contribution in [-0.2, 0) is 0 Å². The molecule has 0 bridgehead atoms. The summed E-state index contributed by atoms with van der Waals surface area (Å²) in [7, 11) is 0. The van der Waals surface area contributed by atoms with Crippen LogP contribution in [0, 0.1) is 0 Å². The summed E-state index contributed by atoms with van der Waals surface area (Å²) >= 11 is 0. The van der Waals surface area contributed by atoms with E-state index in [-0.39, 0.29) is 11.7 Å². The third kappa shape index (κ3) is 2.40. The first-order valence-electron chi connectivity index (χ1n) is 6.76. The number of aromatic nitrogens is 2. The van der Waals surface area contributed by atoms with Gasteiger partial charge in [-0.2, -0.15) is 0 Å². The molecule has 0 amide bonds. The first-order chi connectivity index (χ1) is 9.78. The van der Waals surface area contributed by atoms with Crippen molar-refractivity contribution in [3.8, 4) is 0 Å². The van der Waals surface area contributed by atoms with E-state index in [1.54, 1.807) is 6.26 Å². The van der Waals surface area contributed by atoms with Crippen LogP contribution in [0.5, 0.6) is 0 Å². The van der Waals surface area contributed by atoms with Gasteiger partial charge in [0.25, 0.3) is 0 Å². The summed E-state index contributed by atoms with van der Waals surface area (Å²) in [4.78, 5) is 16.9. The predicted octanol–water partition coefficient (Wildman–Crippen LogP) is 2.54. The number of fused-ring (bicyclic) bond motifs is 1. The Morgan fingerprint density at radius 1 is 1.25 bits per heavy atom. The summed E-state index contributed by atoms with van der Waals surface area (Å²) in [5, 5.41) is 3.46. The Bertz CT molecular complexity index is 740. The second-order valence-electron chi connectivity index (χ2n) is 4.79. The number of hydrogen-bond donors (Lipinski definition) is 3. The topological polar surface area (TPSA) is 73.8 Å². The molecule has 5 heteroatoms. The van der Waals surface area contributed by atoms with Gasteiger partial charge in [-0.15, -0.1) is 0 Å². The number of nitrogens with one attached hydrogen (secondary N) is 3. The molecule has 1 atom stereocenters. The first-order valence-corrected chi connectivity index (χ1v) is 6.76. The Morgan fingerprint density at radius 3 is 2.85 bits per heavy atom. The average molecular weight is 271 g/mol. The molecule has 0 saturated heterocycles. The summed E-state index contributed by atoms with van der Waals surface area (Å²) in [6.45, 7) is 3.02. The van der Waals surface area contributed by atoms with Gasteiger partial charge in [0, 0.05) is 0 Å². The van der Waals surface area contributed by atoms with Gasteiger partial charge in [-0.25, -0.2) is 4.79 Å². The molecule has 3 N–H and O–H groups in total. The van der Waals surface area contributed by atoms with E-state index in [0.717, 1.165) is 35.3 Å². The van der Waals surface area contributed by atoms with Crippen molar-refractivity contribution >= 4 is 11.0 Å². The number of benzene rings is 1. The number of aromatic amines is 2. The van der Waals surface area contributed by atoms with Crippen LogP contribution in [0.25, 0.3) is 11.0 Å². The molecule has 0 saturated carbocycles. The van der Waals surface area contributed by atoms with E-state index < -0.39 is 0 Å². The van der Waals surface area contributed by atoms with Crippen LogP contribution < -0.4 is 11.0 Å². The van der Waals surface area contributed by atoms with Gasteiger partial charge in [-0.1, -0.05) is 13.0 Å². The molecule has 0 spiro atoms. The number of hydrogen-bond acceptors (Lipinski definition) is 3. The van der Waals surface area contributed by atoms with E-state index >= 15 is 0 Å². The Balaban J connectivity index is 2.01. The van der Waals surface area contributed by atoms with Crippen LogP contribution >= 0.6 is 0 Å². The van der Waals surface area contributed by atoms with Gasteiger partial charge < -0.3 is 19.7 Å². The summed E-state index contributed by atoms with van der Waals surface area (Å²) in [5.74, 6) is 0.871. The van der Waals surface area contributed by atoms with E-state index in [9.17, 15) is 4.79 Å². The average Bonchev–Trinajstić information content (AvgIpc) is 3.07. The number of H-pyrrole nitrogens is 2. The van der Waals surface area contributed by atoms with Crippen molar-refractivity contribution < 1.29 is 4.42 Å². The maximum Gasteiger partial charge on any atom is 0.323 e. The van der Waals surface area contributed by atoms with Crippen molar-refractivity contribution in [1.82, 2.24) is 15.3 Å². The molecule has 5 nitrogen and oxygen atoms in total. The lowest BCUT2D eigenvalue weighted by atomic mass is 10.0. The number of imidazole rings is 1. The standard InChI is InChI=1S/C15H17N3O2/c1-2-7-16-14(13-4-3-8-20-13)10-5-6-11-12(9-10)18-15(19)17-11/h3-6,8-9,14,16H,2,7H2,1H3,(H2,17,18,19). The van der Waals surface area contributed by atoms with Gasteiger partial charge in [-0.05, 0) is 42.8 Å². The van der Waals surface area contributed by atoms with Crippen LogP contribution in [0.2, 0.25) is 0 Å². The molecule has 0 fully saturated rings. The van der Waals surface area contributed by atoms with Gasteiger partial charge in [0.1, 0.15) is 5.76 Å². The lowest BCUT2D eigenvalue weighted by Crippen LogP contribution is -2.22. The fourth-order valence-corrected chi connectivity index (χ4v) is 2.36. The van der Waals surface area contributed by atoms with E-state index in [4.69, 9.17) is 4.42 Å². The second kappa shape index (κ2) is 5.38. The molecule has 20 heavy (non-hydrogen) atoms. The number of rotatable bonds is 5. The molecule has 2 aromatic heterocycles. The van der Waals surface area contributed by atoms with Crippen molar-refractivity contribution in [3.63, 3.8) is 0 Å². The normalized spacial score (nSPS) is 12.8. The zero-order valence-electron chi connectivity index (χ0n) is 11.3. The molecule has 3 rings (SSSR count). The van der Waals surface area contributed by atoms with Crippen LogP contribution in [0.3, 0.4) is 0 Å². The Labute approximate surface area is 116 Å². The van der Waals surface area contributed by atoms with E-state index in [1.165, 1.54) is 0 Å². The maximum absolute atomic E-state index is 11.3. The zero-order valence-corrected chi connectivity index (χ0v) is 11.3. The Hall–Kier alpha value is -2.27. The van der Waals surface area contributed by atoms with E-state index in [2.05, 4.69) is 22.2 Å².